The van der Waals surface area contributed by atoms with Crippen LogP contribution in [0.1, 0.15) is 18.1 Å². The highest BCUT2D eigenvalue weighted by atomic mass is 19.1. The molecule has 4 nitrogen and oxygen atoms in total. The fourth-order valence-electron chi connectivity index (χ4n) is 1.06. The van der Waals surface area contributed by atoms with Gasteiger partial charge in [0, 0.05) is 0 Å². The number of benzene rings is 1. The van der Waals surface area contributed by atoms with Crippen molar-refractivity contribution in [1.29, 1.82) is 5.26 Å². The van der Waals surface area contributed by atoms with Gasteiger partial charge in [0.2, 0.25) is 0 Å². The molecule has 1 aromatic rings. The third-order valence-electron chi connectivity index (χ3n) is 2.03. The van der Waals surface area contributed by atoms with Crippen LogP contribution in [0.3, 0.4) is 0 Å². The first-order chi connectivity index (χ1) is 7.54. The summed E-state index contributed by atoms with van der Waals surface area (Å²) in [5.74, 6) is -1.59. The van der Waals surface area contributed by atoms with Crippen molar-refractivity contribution in [2.24, 2.45) is 0 Å². The summed E-state index contributed by atoms with van der Waals surface area (Å²) in [7, 11) is 0. The highest BCUT2D eigenvalue weighted by Crippen LogP contribution is 2.12. The second-order valence-corrected chi connectivity index (χ2v) is 3.20. The Morgan fingerprint density at radius 1 is 1.69 bits per heavy atom. The number of rotatable bonds is 4. The molecule has 0 aliphatic carbocycles. The Hall–Kier alpha value is -1.93. The molecule has 1 N–H and O–H groups in total. The summed E-state index contributed by atoms with van der Waals surface area (Å²) in [6.07, 6.45) is -0.961. The van der Waals surface area contributed by atoms with E-state index < -0.39 is 17.9 Å². The number of aliphatic carboxylic acids is 1. The van der Waals surface area contributed by atoms with Crippen molar-refractivity contribution in [3.8, 4) is 6.07 Å². The molecular weight excluding hydrogens is 213 g/mol. The highest BCUT2D eigenvalue weighted by molar-refractivity contribution is 5.71. The molecule has 0 aromatic heterocycles. The first-order valence-corrected chi connectivity index (χ1v) is 4.57. The molecule has 1 rings (SSSR count). The van der Waals surface area contributed by atoms with E-state index in [2.05, 4.69) is 0 Å². The summed E-state index contributed by atoms with van der Waals surface area (Å²) in [6.45, 7) is 1.36. The molecule has 0 aliphatic rings. The molecule has 1 aromatic carbocycles. The van der Waals surface area contributed by atoms with Crippen LogP contribution >= 0.6 is 0 Å². The first-order valence-electron chi connectivity index (χ1n) is 4.57. The van der Waals surface area contributed by atoms with E-state index in [0.717, 1.165) is 6.07 Å². The number of nitriles is 1. The molecule has 0 amide bonds. The summed E-state index contributed by atoms with van der Waals surface area (Å²) in [5.41, 5.74) is 0.620. The molecular formula is C11H10FNO3. The minimum Gasteiger partial charge on any atom is -0.479 e. The van der Waals surface area contributed by atoms with E-state index in [9.17, 15) is 9.18 Å². The average Bonchev–Trinajstić information content (AvgIpc) is 2.26. The topological polar surface area (TPSA) is 70.3 Å². The number of carboxylic acids is 1. The number of hydrogen-bond donors (Lipinski definition) is 1. The molecule has 0 heterocycles. The molecule has 1 atom stereocenters. The lowest BCUT2D eigenvalue weighted by Crippen LogP contribution is -2.19. The van der Waals surface area contributed by atoms with Crippen LogP contribution in [0, 0.1) is 17.1 Å². The summed E-state index contributed by atoms with van der Waals surface area (Å²) in [4.78, 5) is 10.5. The smallest absolute Gasteiger partial charge is 0.332 e. The van der Waals surface area contributed by atoms with E-state index in [1.165, 1.54) is 19.1 Å². The van der Waals surface area contributed by atoms with Gasteiger partial charge in [0.25, 0.3) is 0 Å². The number of carboxylic acid groups (broad SMARTS) is 1. The maximum Gasteiger partial charge on any atom is 0.332 e. The largest absolute Gasteiger partial charge is 0.479 e. The zero-order valence-corrected chi connectivity index (χ0v) is 8.61. The van der Waals surface area contributed by atoms with Crippen LogP contribution in [0.5, 0.6) is 0 Å². The number of halogens is 1. The van der Waals surface area contributed by atoms with Gasteiger partial charge in [-0.25, -0.2) is 9.18 Å². The van der Waals surface area contributed by atoms with Crippen molar-refractivity contribution in [2.75, 3.05) is 0 Å². The molecule has 84 valence electrons. The third-order valence-corrected chi connectivity index (χ3v) is 2.03. The molecule has 0 spiro atoms. The van der Waals surface area contributed by atoms with Crippen molar-refractivity contribution in [3.63, 3.8) is 0 Å². The number of carbonyl (C=O) groups is 1. The van der Waals surface area contributed by atoms with E-state index in [1.54, 1.807) is 0 Å². The monoisotopic (exact) mass is 223 g/mol. The standard InChI is InChI=1S/C11H10FNO3/c1-7(11(14)15)16-6-8-2-3-10(12)4-9(8)5-13/h2-4,7H,6H2,1H3,(H,14,15)/t7-/m1/s1. The molecule has 0 aliphatic heterocycles. The molecule has 0 radical (unpaired) electrons. The summed E-state index contributed by atoms with van der Waals surface area (Å²) >= 11 is 0. The molecule has 0 unspecified atom stereocenters. The molecule has 0 saturated heterocycles. The van der Waals surface area contributed by atoms with E-state index in [-0.39, 0.29) is 12.2 Å². The molecule has 0 fully saturated rings. The zero-order valence-electron chi connectivity index (χ0n) is 8.61. The second kappa shape index (κ2) is 5.24. The lowest BCUT2D eigenvalue weighted by Gasteiger charge is -2.09. The van der Waals surface area contributed by atoms with E-state index in [4.69, 9.17) is 15.1 Å². The van der Waals surface area contributed by atoms with Crippen molar-refractivity contribution in [1.82, 2.24) is 0 Å². The summed E-state index contributed by atoms with van der Waals surface area (Å²) in [5, 5.41) is 17.3. The second-order valence-electron chi connectivity index (χ2n) is 3.20. The Morgan fingerprint density at radius 3 is 2.94 bits per heavy atom. The minimum atomic E-state index is -1.08. The zero-order chi connectivity index (χ0) is 12.1. The van der Waals surface area contributed by atoms with Gasteiger partial charge in [-0.1, -0.05) is 6.07 Å². The summed E-state index contributed by atoms with van der Waals surface area (Å²) in [6, 6.07) is 5.51. The highest BCUT2D eigenvalue weighted by Gasteiger charge is 2.12. The summed E-state index contributed by atoms with van der Waals surface area (Å²) < 4.78 is 17.8. The first kappa shape index (κ1) is 12.1. The van der Waals surface area contributed by atoms with E-state index in [1.807, 2.05) is 6.07 Å². The lowest BCUT2D eigenvalue weighted by molar-refractivity contribution is -0.149. The predicted molar refractivity (Wildman–Crippen MR) is 53.0 cm³/mol. The minimum absolute atomic E-state index is 0.0311. The van der Waals surface area contributed by atoms with Crippen LogP contribution in [0.4, 0.5) is 4.39 Å². The number of ether oxygens (including phenoxy) is 1. The Morgan fingerprint density at radius 2 is 2.38 bits per heavy atom. The van der Waals surface area contributed by atoms with Gasteiger partial charge in [-0.2, -0.15) is 5.26 Å². The SMILES string of the molecule is C[C@@H](OCc1ccc(F)cc1C#N)C(=O)O. The lowest BCUT2D eigenvalue weighted by atomic mass is 10.1. The van der Waals surface area contributed by atoms with Crippen molar-refractivity contribution >= 4 is 5.97 Å². The third kappa shape index (κ3) is 3.04. The molecule has 5 heteroatoms. The van der Waals surface area contributed by atoms with Crippen LogP contribution in [-0.2, 0) is 16.1 Å². The Labute approximate surface area is 91.9 Å². The van der Waals surface area contributed by atoms with Crippen molar-refractivity contribution in [2.45, 2.75) is 19.6 Å². The van der Waals surface area contributed by atoms with Crippen LogP contribution < -0.4 is 0 Å². The normalized spacial score (nSPS) is 11.8. The Bertz CT molecular complexity index is 439. The Balaban J connectivity index is 2.75. The van der Waals surface area contributed by atoms with E-state index >= 15 is 0 Å². The van der Waals surface area contributed by atoms with E-state index in [0.29, 0.717) is 5.56 Å². The molecule has 0 bridgehead atoms. The fraction of sp³-hybridized carbons (Fsp3) is 0.273. The van der Waals surface area contributed by atoms with Crippen LogP contribution in [-0.4, -0.2) is 17.2 Å². The van der Waals surface area contributed by atoms with Gasteiger partial charge in [0.05, 0.1) is 18.2 Å². The fourth-order valence-corrected chi connectivity index (χ4v) is 1.06. The van der Waals surface area contributed by atoms with Gasteiger partial charge in [0.1, 0.15) is 5.82 Å². The van der Waals surface area contributed by atoms with Gasteiger partial charge in [-0.15, -0.1) is 0 Å². The van der Waals surface area contributed by atoms with Gasteiger partial charge in [0.15, 0.2) is 6.10 Å². The van der Waals surface area contributed by atoms with Crippen LogP contribution in [0.15, 0.2) is 18.2 Å². The van der Waals surface area contributed by atoms with Gasteiger partial charge in [-0.05, 0) is 24.6 Å². The van der Waals surface area contributed by atoms with Crippen LogP contribution in [0.2, 0.25) is 0 Å². The van der Waals surface area contributed by atoms with Crippen LogP contribution in [0.25, 0.3) is 0 Å². The quantitative estimate of drug-likeness (QED) is 0.843. The molecule has 0 saturated carbocycles. The number of hydrogen-bond acceptors (Lipinski definition) is 3. The van der Waals surface area contributed by atoms with Crippen molar-refractivity contribution in [3.05, 3.63) is 35.1 Å². The maximum atomic E-state index is 12.8. The number of nitrogens with zero attached hydrogens (tertiary/aromatic N) is 1. The Kier molecular flexibility index (Phi) is 3.97. The average molecular weight is 223 g/mol. The van der Waals surface area contributed by atoms with Gasteiger partial charge >= 0.3 is 5.97 Å². The van der Waals surface area contributed by atoms with Gasteiger partial charge < -0.3 is 9.84 Å². The van der Waals surface area contributed by atoms with Gasteiger partial charge in [-0.3, -0.25) is 0 Å². The maximum absolute atomic E-state index is 12.8. The van der Waals surface area contributed by atoms with Crippen molar-refractivity contribution < 1.29 is 19.0 Å². The predicted octanol–water partition coefficient (Wildman–Crippen LogP) is 1.69. The molecule has 16 heavy (non-hydrogen) atoms.